The number of fused-ring (bicyclic) bond motifs is 2. The number of imide groups is 1. The molecule has 0 atom stereocenters. The first-order valence-electron chi connectivity index (χ1n) is 8.76. The maximum Gasteiger partial charge on any atom is 0.261 e. The lowest BCUT2D eigenvalue weighted by atomic mass is 10.1. The van der Waals surface area contributed by atoms with E-state index in [0.717, 1.165) is 4.90 Å². The lowest BCUT2D eigenvalue weighted by Gasteiger charge is -2.14. The number of carbonyl (C=O) groups excluding carboxylic acids is 3. The zero-order chi connectivity index (χ0) is 19.8. The van der Waals surface area contributed by atoms with Gasteiger partial charge in [0.05, 0.1) is 22.3 Å². The van der Waals surface area contributed by atoms with E-state index in [-0.39, 0.29) is 18.9 Å². The molecule has 28 heavy (non-hydrogen) atoms. The Morgan fingerprint density at radius 3 is 2.43 bits per heavy atom. The normalized spacial score (nSPS) is 13.1. The molecule has 0 aliphatic carbocycles. The molecule has 0 fully saturated rings. The van der Waals surface area contributed by atoms with Crippen LogP contribution >= 0.6 is 0 Å². The Morgan fingerprint density at radius 1 is 1.07 bits per heavy atom. The first-order chi connectivity index (χ1) is 13.4. The molecular formula is C21H16FN3O3. The van der Waals surface area contributed by atoms with Crippen molar-refractivity contribution in [3.8, 4) is 0 Å². The Kier molecular flexibility index (Phi) is 4.35. The van der Waals surface area contributed by atoms with Crippen LogP contribution in [0.4, 0.5) is 10.1 Å². The van der Waals surface area contributed by atoms with Gasteiger partial charge in [0, 0.05) is 24.0 Å². The van der Waals surface area contributed by atoms with Gasteiger partial charge in [-0.15, -0.1) is 0 Å². The highest BCUT2D eigenvalue weighted by Crippen LogP contribution is 2.25. The molecule has 1 aliphatic heterocycles. The van der Waals surface area contributed by atoms with Crippen LogP contribution in [-0.2, 0) is 4.79 Å². The number of anilines is 1. The molecule has 2 heterocycles. The number of pyridine rings is 1. The summed E-state index contributed by atoms with van der Waals surface area (Å²) < 4.78 is 13.6. The molecule has 1 aromatic heterocycles. The van der Waals surface area contributed by atoms with Crippen molar-refractivity contribution < 1.29 is 18.8 Å². The van der Waals surface area contributed by atoms with Gasteiger partial charge in [0.2, 0.25) is 5.91 Å². The molecule has 1 aliphatic rings. The lowest BCUT2D eigenvalue weighted by Crippen LogP contribution is -2.32. The van der Waals surface area contributed by atoms with Gasteiger partial charge in [-0.3, -0.25) is 24.3 Å². The summed E-state index contributed by atoms with van der Waals surface area (Å²) in [6.07, 6.45) is -0.0658. The van der Waals surface area contributed by atoms with E-state index in [4.69, 9.17) is 0 Å². The number of nitrogens with one attached hydrogen (secondary N) is 1. The van der Waals surface area contributed by atoms with Crippen LogP contribution in [-0.4, -0.2) is 34.2 Å². The van der Waals surface area contributed by atoms with Gasteiger partial charge < -0.3 is 5.32 Å². The van der Waals surface area contributed by atoms with Crippen molar-refractivity contribution in [1.29, 1.82) is 0 Å². The summed E-state index contributed by atoms with van der Waals surface area (Å²) in [5, 5.41) is 3.22. The quantitative estimate of drug-likeness (QED) is 0.708. The SMILES string of the molecule is Cc1cc(NC(=O)CCN2C(=O)c3ccccc3C2=O)c2cc(F)ccc2n1. The van der Waals surface area contributed by atoms with Crippen LogP contribution < -0.4 is 5.32 Å². The number of hydrogen-bond acceptors (Lipinski definition) is 4. The molecule has 1 N–H and O–H groups in total. The summed E-state index contributed by atoms with van der Waals surface area (Å²) in [6.45, 7) is 1.74. The summed E-state index contributed by atoms with van der Waals surface area (Å²) in [4.78, 5) is 42.5. The highest BCUT2D eigenvalue weighted by atomic mass is 19.1. The van der Waals surface area contributed by atoms with Crippen molar-refractivity contribution in [2.24, 2.45) is 0 Å². The third-order valence-electron chi connectivity index (χ3n) is 4.61. The number of amides is 3. The van der Waals surface area contributed by atoms with Crippen molar-refractivity contribution in [3.63, 3.8) is 0 Å². The van der Waals surface area contributed by atoms with E-state index >= 15 is 0 Å². The fraction of sp³-hybridized carbons (Fsp3) is 0.143. The number of hydrogen-bond donors (Lipinski definition) is 1. The smallest absolute Gasteiger partial charge is 0.261 e. The molecule has 0 bridgehead atoms. The number of aromatic nitrogens is 1. The standard InChI is InChI=1S/C21H16FN3O3/c1-12-10-18(16-11-13(22)6-7-17(16)23-12)24-19(26)8-9-25-20(27)14-4-2-3-5-15(14)21(25)28/h2-7,10-11H,8-9H2,1H3,(H,23,24,26). The Labute approximate surface area is 160 Å². The summed E-state index contributed by atoms with van der Waals surface area (Å²) >= 11 is 0. The average molecular weight is 377 g/mol. The van der Waals surface area contributed by atoms with E-state index < -0.39 is 17.6 Å². The van der Waals surface area contributed by atoms with Gasteiger partial charge >= 0.3 is 0 Å². The number of halogens is 1. The molecule has 0 radical (unpaired) electrons. The van der Waals surface area contributed by atoms with Gasteiger partial charge in [-0.2, -0.15) is 0 Å². The van der Waals surface area contributed by atoms with E-state index in [1.54, 1.807) is 43.3 Å². The van der Waals surface area contributed by atoms with Gasteiger partial charge in [-0.25, -0.2) is 4.39 Å². The second-order valence-electron chi connectivity index (χ2n) is 6.58. The third-order valence-corrected chi connectivity index (χ3v) is 4.61. The Hall–Kier alpha value is -3.61. The van der Waals surface area contributed by atoms with Crippen LogP contribution in [0.15, 0.2) is 48.5 Å². The van der Waals surface area contributed by atoms with Gasteiger partial charge in [-0.1, -0.05) is 12.1 Å². The maximum absolute atomic E-state index is 13.6. The van der Waals surface area contributed by atoms with E-state index in [2.05, 4.69) is 10.3 Å². The molecular weight excluding hydrogens is 361 g/mol. The largest absolute Gasteiger partial charge is 0.325 e. The summed E-state index contributed by atoms with van der Waals surface area (Å²) in [5.41, 5.74) is 2.37. The number of benzene rings is 2. The van der Waals surface area contributed by atoms with Crippen LogP contribution in [0.25, 0.3) is 10.9 Å². The summed E-state index contributed by atoms with van der Waals surface area (Å²) in [5.74, 6) is -1.62. The molecule has 7 heteroatoms. The molecule has 0 saturated carbocycles. The summed E-state index contributed by atoms with van der Waals surface area (Å²) in [6, 6.07) is 12.4. The fourth-order valence-corrected chi connectivity index (χ4v) is 3.30. The molecule has 0 saturated heterocycles. The first-order valence-corrected chi connectivity index (χ1v) is 8.76. The number of nitrogens with zero attached hydrogens (tertiary/aromatic N) is 2. The maximum atomic E-state index is 13.6. The predicted octanol–water partition coefficient (Wildman–Crippen LogP) is 3.31. The van der Waals surface area contributed by atoms with Gasteiger partial charge in [0.1, 0.15) is 5.82 Å². The minimum absolute atomic E-state index is 0.0332. The van der Waals surface area contributed by atoms with E-state index in [0.29, 0.717) is 33.4 Å². The monoisotopic (exact) mass is 377 g/mol. The molecule has 2 aromatic carbocycles. The minimum atomic E-state index is -0.431. The molecule has 3 aromatic rings. The molecule has 6 nitrogen and oxygen atoms in total. The van der Waals surface area contributed by atoms with Crippen molar-refractivity contribution in [1.82, 2.24) is 9.88 Å². The van der Waals surface area contributed by atoms with Gasteiger partial charge in [0.15, 0.2) is 0 Å². The van der Waals surface area contributed by atoms with E-state index in [9.17, 15) is 18.8 Å². The summed E-state index contributed by atoms with van der Waals surface area (Å²) in [7, 11) is 0. The lowest BCUT2D eigenvalue weighted by molar-refractivity contribution is -0.116. The zero-order valence-electron chi connectivity index (χ0n) is 15.0. The second-order valence-corrected chi connectivity index (χ2v) is 6.58. The Morgan fingerprint density at radius 2 is 1.75 bits per heavy atom. The van der Waals surface area contributed by atoms with E-state index in [1.165, 1.54) is 12.1 Å². The van der Waals surface area contributed by atoms with Crippen molar-refractivity contribution >= 4 is 34.3 Å². The predicted molar refractivity (Wildman–Crippen MR) is 101 cm³/mol. The average Bonchev–Trinajstić information content (AvgIpc) is 2.91. The number of carbonyl (C=O) groups is 3. The number of rotatable bonds is 4. The van der Waals surface area contributed by atoms with Crippen LogP contribution in [0.3, 0.4) is 0 Å². The third kappa shape index (κ3) is 3.11. The van der Waals surface area contributed by atoms with Crippen molar-refractivity contribution in [3.05, 3.63) is 71.2 Å². The van der Waals surface area contributed by atoms with Gasteiger partial charge in [0.25, 0.3) is 11.8 Å². The van der Waals surface area contributed by atoms with Crippen molar-refractivity contribution in [2.45, 2.75) is 13.3 Å². The molecule has 140 valence electrons. The Bertz CT molecular complexity index is 1110. The molecule has 0 spiro atoms. The second kappa shape index (κ2) is 6.84. The zero-order valence-corrected chi connectivity index (χ0v) is 15.0. The van der Waals surface area contributed by atoms with Gasteiger partial charge in [-0.05, 0) is 43.3 Å². The fourth-order valence-electron chi connectivity index (χ4n) is 3.30. The topological polar surface area (TPSA) is 79.4 Å². The van der Waals surface area contributed by atoms with Crippen LogP contribution in [0, 0.1) is 12.7 Å². The minimum Gasteiger partial charge on any atom is -0.325 e. The van der Waals surface area contributed by atoms with Crippen LogP contribution in [0.5, 0.6) is 0 Å². The van der Waals surface area contributed by atoms with Crippen LogP contribution in [0.1, 0.15) is 32.8 Å². The molecule has 0 unspecified atom stereocenters. The Balaban J connectivity index is 1.49. The highest BCUT2D eigenvalue weighted by molar-refractivity contribution is 6.21. The first kappa shape index (κ1) is 17.8. The molecule has 3 amide bonds. The highest BCUT2D eigenvalue weighted by Gasteiger charge is 2.34. The van der Waals surface area contributed by atoms with E-state index in [1.807, 2.05) is 0 Å². The van der Waals surface area contributed by atoms with Crippen molar-refractivity contribution in [2.75, 3.05) is 11.9 Å². The molecule has 4 rings (SSSR count). The number of aryl methyl sites for hydroxylation is 1. The van der Waals surface area contributed by atoms with Crippen LogP contribution in [0.2, 0.25) is 0 Å².